The zero-order chi connectivity index (χ0) is 19.3. The van der Waals surface area contributed by atoms with E-state index in [1.165, 1.54) is 0 Å². The Balaban J connectivity index is 6.29. The van der Waals surface area contributed by atoms with Gasteiger partial charge in [-0.15, -0.1) is 0 Å². The monoisotopic (exact) mass is 376 g/mol. The summed E-state index contributed by atoms with van der Waals surface area (Å²) in [5.74, 6) is -42.3. The summed E-state index contributed by atoms with van der Waals surface area (Å²) in [5, 5.41) is 0. The SMILES string of the molecule is CCC(F)(F)C(F)(F)C(F)(F)C(F)(F)C(F)(F)C(F)(F)C(C)F. The first-order valence-corrected chi connectivity index (χ1v) is 5.66. The van der Waals surface area contributed by atoms with Crippen LogP contribution in [-0.4, -0.2) is 41.7 Å². The van der Waals surface area contributed by atoms with Crippen molar-refractivity contribution in [3.05, 3.63) is 0 Å². The maximum atomic E-state index is 13.0. The topological polar surface area (TPSA) is 0 Å². The van der Waals surface area contributed by atoms with Gasteiger partial charge in [-0.2, -0.15) is 52.7 Å². The molecule has 0 nitrogen and oxygen atoms in total. The first-order valence-electron chi connectivity index (χ1n) is 5.66. The molecule has 0 spiro atoms. The van der Waals surface area contributed by atoms with E-state index < -0.39 is 55.1 Å². The summed E-state index contributed by atoms with van der Waals surface area (Å²) in [6, 6.07) is 0. The van der Waals surface area contributed by atoms with Gasteiger partial charge in [0.05, 0.1) is 0 Å². The Morgan fingerprint density at radius 2 is 0.913 bits per heavy atom. The Morgan fingerprint density at radius 1 is 0.609 bits per heavy atom. The van der Waals surface area contributed by atoms with Crippen LogP contribution in [0.25, 0.3) is 0 Å². The van der Waals surface area contributed by atoms with Crippen LogP contribution in [0.1, 0.15) is 20.3 Å². The highest BCUT2D eigenvalue weighted by Gasteiger charge is 2.90. The van der Waals surface area contributed by atoms with Crippen molar-refractivity contribution in [3.8, 4) is 0 Å². The molecule has 0 saturated carbocycles. The molecular formula is C10H9F13. The second-order valence-corrected chi connectivity index (χ2v) is 4.59. The van der Waals surface area contributed by atoms with Crippen LogP contribution in [0.2, 0.25) is 0 Å². The van der Waals surface area contributed by atoms with E-state index in [4.69, 9.17) is 0 Å². The Hall–Kier alpha value is -0.910. The van der Waals surface area contributed by atoms with E-state index in [0.29, 0.717) is 0 Å². The van der Waals surface area contributed by atoms with Crippen LogP contribution in [-0.2, 0) is 0 Å². The van der Waals surface area contributed by atoms with Gasteiger partial charge in [-0.25, -0.2) is 4.39 Å². The molecule has 0 aliphatic rings. The second-order valence-electron chi connectivity index (χ2n) is 4.59. The average Bonchev–Trinajstić information content (AvgIpc) is 2.37. The lowest BCUT2D eigenvalue weighted by atomic mass is 9.89. The Labute approximate surface area is 120 Å². The van der Waals surface area contributed by atoms with Gasteiger partial charge in [-0.05, 0) is 6.92 Å². The van der Waals surface area contributed by atoms with E-state index in [2.05, 4.69) is 0 Å². The summed E-state index contributed by atoms with van der Waals surface area (Å²) in [5.41, 5.74) is 0. The minimum absolute atomic E-state index is 0.137. The maximum Gasteiger partial charge on any atom is 0.384 e. The molecule has 0 aromatic carbocycles. The van der Waals surface area contributed by atoms with Crippen LogP contribution < -0.4 is 0 Å². The van der Waals surface area contributed by atoms with Gasteiger partial charge in [0.1, 0.15) is 0 Å². The molecule has 0 fully saturated rings. The van der Waals surface area contributed by atoms with Crippen molar-refractivity contribution in [3.63, 3.8) is 0 Å². The third-order valence-corrected chi connectivity index (χ3v) is 3.00. The molecule has 0 aliphatic carbocycles. The lowest BCUT2D eigenvalue weighted by Crippen LogP contribution is -2.71. The maximum absolute atomic E-state index is 13.0. The van der Waals surface area contributed by atoms with Gasteiger partial charge in [0.15, 0.2) is 6.17 Å². The van der Waals surface area contributed by atoms with Gasteiger partial charge < -0.3 is 0 Å². The van der Waals surface area contributed by atoms with Gasteiger partial charge in [0.2, 0.25) is 0 Å². The van der Waals surface area contributed by atoms with Crippen molar-refractivity contribution in [2.75, 3.05) is 0 Å². The minimum atomic E-state index is -7.69. The predicted molar refractivity (Wildman–Crippen MR) is 50.5 cm³/mol. The molecule has 0 saturated heterocycles. The molecule has 0 aliphatic heterocycles. The van der Waals surface area contributed by atoms with E-state index >= 15 is 0 Å². The third-order valence-electron chi connectivity index (χ3n) is 3.00. The number of halogens is 13. The first-order chi connectivity index (χ1) is 9.75. The summed E-state index contributed by atoms with van der Waals surface area (Å²) in [6.45, 7) is -0.292. The molecule has 0 bridgehead atoms. The fraction of sp³-hybridized carbons (Fsp3) is 1.00. The normalized spacial score (nSPS) is 17.3. The third kappa shape index (κ3) is 2.73. The average molecular weight is 376 g/mol. The Morgan fingerprint density at radius 3 is 1.17 bits per heavy atom. The van der Waals surface area contributed by atoms with Crippen molar-refractivity contribution in [1.82, 2.24) is 0 Å². The van der Waals surface area contributed by atoms with E-state index in [-0.39, 0.29) is 6.92 Å². The zero-order valence-electron chi connectivity index (χ0n) is 11.2. The molecule has 1 unspecified atom stereocenters. The summed E-state index contributed by atoms with van der Waals surface area (Å²) in [7, 11) is 0. The number of alkyl halides is 13. The molecule has 0 aromatic heterocycles. The molecule has 0 aromatic rings. The molecule has 0 radical (unpaired) electrons. The molecule has 13 heteroatoms. The van der Waals surface area contributed by atoms with E-state index in [9.17, 15) is 57.1 Å². The highest BCUT2D eigenvalue weighted by molar-refractivity contribution is 5.12. The van der Waals surface area contributed by atoms with Gasteiger partial charge >= 0.3 is 35.5 Å². The fourth-order valence-electron chi connectivity index (χ4n) is 1.31. The van der Waals surface area contributed by atoms with Crippen molar-refractivity contribution < 1.29 is 57.1 Å². The molecule has 0 rings (SSSR count). The van der Waals surface area contributed by atoms with Crippen LogP contribution in [0.4, 0.5) is 57.1 Å². The molecule has 0 amide bonds. The van der Waals surface area contributed by atoms with E-state index in [1.807, 2.05) is 0 Å². The zero-order valence-corrected chi connectivity index (χ0v) is 11.2. The van der Waals surface area contributed by atoms with Crippen molar-refractivity contribution in [2.45, 2.75) is 62.0 Å². The summed E-state index contributed by atoms with van der Waals surface area (Å²) in [4.78, 5) is 0. The number of hydrogen-bond donors (Lipinski definition) is 0. The van der Waals surface area contributed by atoms with Crippen molar-refractivity contribution >= 4 is 0 Å². The number of rotatable bonds is 7. The molecule has 1 atom stereocenters. The number of hydrogen-bond acceptors (Lipinski definition) is 0. The van der Waals surface area contributed by atoms with E-state index in [0.717, 1.165) is 0 Å². The van der Waals surface area contributed by atoms with Crippen LogP contribution >= 0.6 is 0 Å². The Bertz CT molecular complexity index is 422. The van der Waals surface area contributed by atoms with Gasteiger partial charge in [0.25, 0.3) is 0 Å². The van der Waals surface area contributed by atoms with Crippen LogP contribution in [0.15, 0.2) is 0 Å². The largest absolute Gasteiger partial charge is 0.384 e. The first kappa shape index (κ1) is 22.1. The summed E-state index contributed by atoms with van der Waals surface area (Å²) in [6.07, 6.45) is -6.35. The second kappa shape index (κ2) is 5.57. The van der Waals surface area contributed by atoms with Crippen molar-refractivity contribution in [1.29, 1.82) is 0 Å². The molecule has 0 N–H and O–H groups in total. The fourth-order valence-corrected chi connectivity index (χ4v) is 1.31. The molecule has 140 valence electrons. The summed E-state index contributed by atoms with van der Waals surface area (Å²) < 4.78 is 167. The quantitative estimate of drug-likeness (QED) is 0.510. The molecular weight excluding hydrogens is 367 g/mol. The van der Waals surface area contributed by atoms with Gasteiger partial charge in [-0.1, -0.05) is 6.92 Å². The van der Waals surface area contributed by atoms with Crippen LogP contribution in [0.5, 0.6) is 0 Å². The Kier molecular flexibility index (Phi) is 5.35. The standard InChI is InChI=1S/C10H9F13/c1-3-5(12,13)7(16,17)9(20,21)10(22,23)8(18,19)6(14,15)4(2)11/h4H,3H2,1-2H3. The van der Waals surface area contributed by atoms with Crippen molar-refractivity contribution in [2.24, 2.45) is 0 Å². The van der Waals surface area contributed by atoms with Gasteiger partial charge in [0, 0.05) is 6.42 Å². The highest BCUT2D eigenvalue weighted by atomic mass is 19.4. The lowest BCUT2D eigenvalue weighted by molar-refractivity contribution is -0.428. The van der Waals surface area contributed by atoms with E-state index in [1.54, 1.807) is 0 Å². The highest BCUT2D eigenvalue weighted by Crippen LogP contribution is 2.60. The predicted octanol–water partition coefficient (Wildman–Crippen LogP) is 5.57. The molecule has 23 heavy (non-hydrogen) atoms. The van der Waals surface area contributed by atoms with Crippen LogP contribution in [0, 0.1) is 0 Å². The lowest BCUT2D eigenvalue weighted by Gasteiger charge is -2.41. The summed E-state index contributed by atoms with van der Waals surface area (Å²) >= 11 is 0. The van der Waals surface area contributed by atoms with Crippen LogP contribution in [0.3, 0.4) is 0 Å². The van der Waals surface area contributed by atoms with Gasteiger partial charge in [-0.3, -0.25) is 0 Å². The molecule has 0 heterocycles. The minimum Gasteiger partial charge on any atom is -0.241 e. The smallest absolute Gasteiger partial charge is 0.241 e.